The summed E-state index contributed by atoms with van der Waals surface area (Å²) in [6.45, 7) is 0.425. The third kappa shape index (κ3) is 2.57. The molecule has 0 radical (unpaired) electrons. The number of aromatic nitrogens is 1. The summed E-state index contributed by atoms with van der Waals surface area (Å²) in [7, 11) is 0. The molecule has 2 aromatic carbocycles. The lowest BCUT2D eigenvalue weighted by Gasteiger charge is -2.06. The molecule has 0 amide bonds. The van der Waals surface area contributed by atoms with E-state index in [1.54, 1.807) is 12.1 Å². The highest BCUT2D eigenvalue weighted by Crippen LogP contribution is 2.38. The molecule has 0 aliphatic carbocycles. The molecule has 0 saturated carbocycles. The summed E-state index contributed by atoms with van der Waals surface area (Å²) in [4.78, 5) is 0. The number of hydrogen-bond donors (Lipinski definition) is 0. The Balaban J connectivity index is 2.16. The van der Waals surface area contributed by atoms with Crippen LogP contribution in [0.15, 0.2) is 34.9 Å². The molecule has 0 atom stereocenters. The molecule has 3 aromatic rings. The van der Waals surface area contributed by atoms with Gasteiger partial charge in [-0.1, -0.05) is 38.8 Å². The molecule has 22 heavy (non-hydrogen) atoms. The Morgan fingerprint density at radius 1 is 1.18 bits per heavy atom. The quantitative estimate of drug-likeness (QED) is 0.576. The van der Waals surface area contributed by atoms with Gasteiger partial charge < -0.3 is 9.26 Å². The molecule has 0 bridgehead atoms. The predicted molar refractivity (Wildman–Crippen MR) is 83.7 cm³/mol. The SMILES string of the molecule is Fc1cccc(F)c1-c1noc2c(Cl)c(OCCBr)ccc12. The van der Waals surface area contributed by atoms with Gasteiger partial charge in [0.15, 0.2) is 5.58 Å². The molecule has 0 aliphatic rings. The van der Waals surface area contributed by atoms with Gasteiger partial charge in [0.25, 0.3) is 0 Å². The van der Waals surface area contributed by atoms with Gasteiger partial charge in [-0.2, -0.15) is 0 Å². The van der Waals surface area contributed by atoms with Crippen molar-refractivity contribution in [2.75, 3.05) is 11.9 Å². The number of nitrogens with zero attached hydrogens (tertiary/aromatic N) is 1. The Kier molecular flexibility index (Phi) is 4.31. The fourth-order valence-corrected chi connectivity index (χ4v) is 2.53. The van der Waals surface area contributed by atoms with Crippen LogP contribution in [0.5, 0.6) is 5.75 Å². The summed E-state index contributed by atoms with van der Waals surface area (Å²) in [5.74, 6) is -1.01. The van der Waals surface area contributed by atoms with E-state index in [0.717, 1.165) is 12.1 Å². The Morgan fingerprint density at radius 3 is 2.59 bits per heavy atom. The van der Waals surface area contributed by atoms with E-state index in [-0.39, 0.29) is 21.9 Å². The molecule has 1 aromatic heterocycles. The maximum absolute atomic E-state index is 13.9. The molecule has 7 heteroatoms. The van der Waals surface area contributed by atoms with Crippen molar-refractivity contribution in [1.82, 2.24) is 5.16 Å². The minimum Gasteiger partial charge on any atom is -0.491 e. The monoisotopic (exact) mass is 387 g/mol. The third-order valence-electron chi connectivity index (χ3n) is 3.08. The van der Waals surface area contributed by atoms with E-state index < -0.39 is 11.6 Å². The predicted octanol–water partition coefficient (Wildman–Crippen LogP) is 5.20. The van der Waals surface area contributed by atoms with Crippen molar-refractivity contribution in [3.05, 3.63) is 47.0 Å². The van der Waals surface area contributed by atoms with E-state index in [1.165, 1.54) is 6.07 Å². The minimum atomic E-state index is -0.717. The van der Waals surface area contributed by atoms with Gasteiger partial charge in [0, 0.05) is 5.33 Å². The Hall–Kier alpha value is -1.66. The van der Waals surface area contributed by atoms with Gasteiger partial charge in [-0.15, -0.1) is 0 Å². The molecular weight excluding hydrogens is 380 g/mol. The van der Waals surface area contributed by atoms with E-state index in [1.807, 2.05) is 0 Å². The standard InChI is InChI=1S/C15H9BrClF2NO2/c16-6-7-21-11-5-4-8-14(20-22-15(8)13(11)17)12-9(18)2-1-3-10(12)19/h1-5H,6-7H2. The van der Waals surface area contributed by atoms with Crippen LogP contribution in [0.25, 0.3) is 22.2 Å². The van der Waals surface area contributed by atoms with Crippen LogP contribution in [-0.2, 0) is 0 Å². The summed E-state index contributed by atoms with van der Waals surface area (Å²) in [6.07, 6.45) is 0. The molecule has 114 valence electrons. The van der Waals surface area contributed by atoms with E-state index in [2.05, 4.69) is 21.1 Å². The van der Waals surface area contributed by atoms with Gasteiger partial charge in [0.05, 0.1) is 17.6 Å². The lowest BCUT2D eigenvalue weighted by molar-refractivity contribution is 0.344. The summed E-state index contributed by atoms with van der Waals surface area (Å²) in [5.41, 5.74) is 0.0531. The minimum absolute atomic E-state index is 0.0690. The van der Waals surface area contributed by atoms with Crippen molar-refractivity contribution < 1.29 is 18.0 Å². The second-order valence-electron chi connectivity index (χ2n) is 4.42. The first-order valence-electron chi connectivity index (χ1n) is 6.34. The third-order valence-corrected chi connectivity index (χ3v) is 3.76. The van der Waals surface area contributed by atoms with Crippen molar-refractivity contribution in [3.63, 3.8) is 0 Å². The zero-order valence-electron chi connectivity index (χ0n) is 11.1. The van der Waals surface area contributed by atoms with E-state index in [9.17, 15) is 8.78 Å². The Labute approximate surface area is 137 Å². The average Bonchev–Trinajstić information content (AvgIpc) is 2.91. The maximum Gasteiger partial charge on any atom is 0.189 e. The van der Waals surface area contributed by atoms with Crippen LogP contribution in [0.3, 0.4) is 0 Å². The summed E-state index contributed by atoms with van der Waals surface area (Å²) >= 11 is 9.44. The van der Waals surface area contributed by atoms with E-state index in [4.69, 9.17) is 20.9 Å². The first-order valence-corrected chi connectivity index (χ1v) is 7.84. The van der Waals surface area contributed by atoms with Crippen molar-refractivity contribution >= 4 is 38.5 Å². The molecular formula is C15H9BrClF2NO2. The van der Waals surface area contributed by atoms with Crippen LogP contribution >= 0.6 is 27.5 Å². The second-order valence-corrected chi connectivity index (χ2v) is 5.59. The fourth-order valence-electron chi connectivity index (χ4n) is 2.12. The molecule has 0 spiro atoms. The molecule has 0 saturated heterocycles. The highest BCUT2D eigenvalue weighted by molar-refractivity contribution is 9.09. The lowest BCUT2D eigenvalue weighted by Crippen LogP contribution is -1.98. The topological polar surface area (TPSA) is 35.3 Å². The van der Waals surface area contributed by atoms with Crippen LogP contribution in [0.2, 0.25) is 5.02 Å². The number of hydrogen-bond acceptors (Lipinski definition) is 3. The number of ether oxygens (including phenoxy) is 1. The van der Waals surface area contributed by atoms with Crippen molar-refractivity contribution in [3.8, 4) is 17.0 Å². The van der Waals surface area contributed by atoms with E-state index >= 15 is 0 Å². The van der Waals surface area contributed by atoms with Gasteiger partial charge in [0.2, 0.25) is 0 Å². The number of rotatable bonds is 4. The van der Waals surface area contributed by atoms with Crippen molar-refractivity contribution in [2.45, 2.75) is 0 Å². The molecule has 1 heterocycles. The zero-order chi connectivity index (χ0) is 15.7. The molecule has 3 rings (SSSR count). The smallest absolute Gasteiger partial charge is 0.189 e. The Bertz CT molecular complexity index is 818. The summed E-state index contributed by atoms with van der Waals surface area (Å²) in [6, 6.07) is 6.84. The molecule has 0 unspecified atom stereocenters. The van der Waals surface area contributed by atoms with Crippen LogP contribution in [0.4, 0.5) is 8.78 Å². The molecule has 0 N–H and O–H groups in total. The lowest BCUT2D eigenvalue weighted by atomic mass is 10.1. The highest BCUT2D eigenvalue weighted by atomic mass is 79.9. The average molecular weight is 389 g/mol. The van der Waals surface area contributed by atoms with Crippen LogP contribution in [0.1, 0.15) is 0 Å². The summed E-state index contributed by atoms with van der Waals surface area (Å²) in [5, 5.41) is 5.04. The van der Waals surface area contributed by atoms with E-state index in [0.29, 0.717) is 23.1 Å². The van der Waals surface area contributed by atoms with Crippen LogP contribution in [0, 0.1) is 11.6 Å². The maximum atomic E-state index is 13.9. The highest BCUT2D eigenvalue weighted by Gasteiger charge is 2.21. The number of alkyl halides is 1. The summed E-state index contributed by atoms with van der Waals surface area (Å²) < 4.78 is 38.4. The largest absolute Gasteiger partial charge is 0.491 e. The van der Waals surface area contributed by atoms with Gasteiger partial charge in [-0.05, 0) is 24.3 Å². The fraction of sp³-hybridized carbons (Fsp3) is 0.133. The molecule has 0 fully saturated rings. The number of benzene rings is 2. The zero-order valence-corrected chi connectivity index (χ0v) is 13.4. The van der Waals surface area contributed by atoms with Crippen molar-refractivity contribution in [2.24, 2.45) is 0 Å². The normalized spacial score (nSPS) is 11.1. The van der Waals surface area contributed by atoms with Crippen molar-refractivity contribution in [1.29, 1.82) is 0 Å². The number of halogens is 4. The second kappa shape index (κ2) is 6.22. The van der Waals surface area contributed by atoms with Crippen LogP contribution in [-0.4, -0.2) is 17.1 Å². The number of fused-ring (bicyclic) bond motifs is 1. The first kappa shape index (κ1) is 15.2. The van der Waals surface area contributed by atoms with Gasteiger partial charge >= 0.3 is 0 Å². The van der Waals surface area contributed by atoms with Gasteiger partial charge in [0.1, 0.15) is 28.1 Å². The Morgan fingerprint density at radius 2 is 1.91 bits per heavy atom. The first-order chi connectivity index (χ1) is 10.6. The molecule has 3 nitrogen and oxygen atoms in total. The van der Waals surface area contributed by atoms with Gasteiger partial charge in [-0.3, -0.25) is 0 Å². The van der Waals surface area contributed by atoms with Gasteiger partial charge in [-0.25, -0.2) is 8.78 Å². The van der Waals surface area contributed by atoms with Crippen LogP contribution < -0.4 is 4.74 Å². The molecule has 0 aliphatic heterocycles.